The predicted octanol–water partition coefficient (Wildman–Crippen LogP) is 4.03. The fraction of sp³-hybridized carbons (Fsp3) is 0. The second kappa shape index (κ2) is 6.10. The number of anilines is 2. The summed E-state index contributed by atoms with van der Waals surface area (Å²) in [6, 6.07) is 17.8. The third-order valence-corrected chi connectivity index (χ3v) is 4.59. The number of aromatic nitrogens is 3. The molecular formula is C21H15N5O. The third-order valence-electron chi connectivity index (χ3n) is 4.59. The number of pyridine rings is 1. The predicted molar refractivity (Wildman–Crippen MR) is 106 cm³/mol. The molecule has 0 spiro atoms. The molecule has 0 fully saturated rings. The van der Waals surface area contributed by atoms with Gasteiger partial charge in [-0.05, 0) is 29.8 Å². The number of benzene rings is 2. The van der Waals surface area contributed by atoms with E-state index in [1.54, 1.807) is 18.6 Å². The number of H-pyrrole nitrogens is 1. The molecule has 130 valence electrons. The molecule has 1 aliphatic heterocycles. The van der Waals surface area contributed by atoms with E-state index in [1.165, 1.54) is 0 Å². The molecule has 6 nitrogen and oxygen atoms in total. The van der Waals surface area contributed by atoms with E-state index in [-0.39, 0.29) is 5.91 Å². The number of nitrogens with zero attached hydrogens (tertiary/aromatic N) is 2. The maximum Gasteiger partial charge on any atom is 0.259 e. The van der Waals surface area contributed by atoms with Crippen molar-refractivity contribution < 1.29 is 4.79 Å². The SMILES string of the molecule is O=C1Nc2ncc(-c3ccccc3)cc2/C1=C/Nc1ccc2cn[nH]c2c1. The van der Waals surface area contributed by atoms with Gasteiger partial charge in [-0.1, -0.05) is 30.3 Å². The first kappa shape index (κ1) is 15.3. The average molecular weight is 353 g/mol. The first-order valence-electron chi connectivity index (χ1n) is 8.55. The molecule has 4 aromatic rings. The van der Waals surface area contributed by atoms with Crippen LogP contribution in [0.5, 0.6) is 0 Å². The van der Waals surface area contributed by atoms with Crippen LogP contribution in [-0.2, 0) is 4.79 Å². The van der Waals surface area contributed by atoms with Crippen molar-refractivity contribution in [3.8, 4) is 11.1 Å². The summed E-state index contributed by atoms with van der Waals surface area (Å²) >= 11 is 0. The molecule has 0 saturated carbocycles. The van der Waals surface area contributed by atoms with Gasteiger partial charge in [0.05, 0.1) is 17.3 Å². The highest BCUT2D eigenvalue weighted by atomic mass is 16.2. The largest absolute Gasteiger partial charge is 0.361 e. The molecule has 3 N–H and O–H groups in total. The van der Waals surface area contributed by atoms with Crippen LogP contribution in [-0.4, -0.2) is 21.1 Å². The van der Waals surface area contributed by atoms with E-state index in [1.807, 2.05) is 54.6 Å². The van der Waals surface area contributed by atoms with Crippen LogP contribution >= 0.6 is 0 Å². The molecule has 0 radical (unpaired) electrons. The average Bonchev–Trinajstić information content (AvgIpc) is 3.29. The molecule has 1 amide bonds. The lowest BCUT2D eigenvalue weighted by Gasteiger charge is -2.05. The Balaban J connectivity index is 1.50. The standard InChI is InChI=1S/C21H15N5O/c27-21-18(12-22-16-7-6-14-11-24-26-19(14)9-16)17-8-15(10-23-20(17)25-21)13-4-2-1-3-5-13/h1-12,22H,(H,24,26)(H,23,25,27)/b18-12-. The fourth-order valence-corrected chi connectivity index (χ4v) is 3.18. The number of amides is 1. The quantitative estimate of drug-likeness (QED) is 0.486. The van der Waals surface area contributed by atoms with E-state index in [9.17, 15) is 4.79 Å². The first-order chi connectivity index (χ1) is 13.3. The Hall–Kier alpha value is -3.93. The van der Waals surface area contributed by atoms with E-state index in [2.05, 4.69) is 25.8 Å². The Morgan fingerprint density at radius 2 is 1.85 bits per heavy atom. The van der Waals surface area contributed by atoms with Crippen LogP contribution in [0.2, 0.25) is 0 Å². The van der Waals surface area contributed by atoms with Crippen LogP contribution in [0.1, 0.15) is 5.56 Å². The summed E-state index contributed by atoms with van der Waals surface area (Å²) in [6.45, 7) is 0. The van der Waals surface area contributed by atoms with Crippen LogP contribution in [0.3, 0.4) is 0 Å². The van der Waals surface area contributed by atoms with E-state index >= 15 is 0 Å². The number of aromatic amines is 1. The van der Waals surface area contributed by atoms with Crippen molar-refractivity contribution in [1.29, 1.82) is 0 Å². The molecule has 0 bridgehead atoms. The number of carbonyl (C=O) groups is 1. The van der Waals surface area contributed by atoms with Gasteiger partial charge in [0.2, 0.25) is 0 Å². The smallest absolute Gasteiger partial charge is 0.259 e. The zero-order valence-electron chi connectivity index (χ0n) is 14.2. The molecule has 2 aromatic carbocycles. The molecule has 0 unspecified atom stereocenters. The van der Waals surface area contributed by atoms with Crippen molar-refractivity contribution in [1.82, 2.24) is 15.2 Å². The van der Waals surface area contributed by atoms with Gasteiger partial charge in [0, 0.05) is 34.6 Å². The second-order valence-electron chi connectivity index (χ2n) is 6.31. The zero-order valence-corrected chi connectivity index (χ0v) is 14.2. The van der Waals surface area contributed by atoms with Crippen LogP contribution in [0, 0.1) is 0 Å². The summed E-state index contributed by atoms with van der Waals surface area (Å²) in [7, 11) is 0. The summed E-state index contributed by atoms with van der Waals surface area (Å²) in [5, 5.41) is 14.0. The van der Waals surface area contributed by atoms with Crippen molar-refractivity contribution in [2.75, 3.05) is 10.6 Å². The number of rotatable bonds is 3. The minimum absolute atomic E-state index is 0.169. The maximum atomic E-state index is 12.4. The van der Waals surface area contributed by atoms with Gasteiger partial charge in [-0.3, -0.25) is 9.89 Å². The molecule has 3 heterocycles. The molecule has 5 rings (SSSR count). The monoisotopic (exact) mass is 353 g/mol. The Morgan fingerprint density at radius 3 is 2.74 bits per heavy atom. The Kier molecular flexibility index (Phi) is 3.47. The van der Waals surface area contributed by atoms with Gasteiger partial charge in [-0.2, -0.15) is 5.10 Å². The van der Waals surface area contributed by atoms with Crippen LogP contribution in [0.25, 0.3) is 27.6 Å². The summed E-state index contributed by atoms with van der Waals surface area (Å²) < 4.78 is 0. The van der Waals surface area contributed by atoms with Gasteiger partial charge in [0.15, 0.2) is 0 Å². The molecule has 1 aliphatic rings. The number of hydrogen-bond donors (Lipinski definition) is 3. The van der Waals surface area contributed by atoms with Crippen molar-refractivity contribution in [2.24, 2.45) is 0 Å². The van der Waals surface area contributed by atoms with Gasteiger partial charge in [0.25, 0.3) is 5.91 Å². The minimum Gasteiger partial charge on any atom is -0.361 e. The molecule has 0 saturated heterocycles. The van der Waals surface area contributed by atoms with Crippen LogP contribution in [0.4, 0.5) is 11.5 Å². The van der Waals surface area contributed by atoms with Crippen molar-refractivity contribution in [2.45, 2.75) is 0 Å². The number of carbonyl (C=O) groups excluding carboxylic acids is 1. The topological polar surface area (TPSA) is 82.7 Å². The maximum absolute atomic E-state index is 12.4. The van der Waals surface area contributed by atoms with Crippen LogP contribution in [0.15, 0.2) is 73.2 Å². The normalized spacial score (nSPS) is 14.4. The highest BCUT2D eigenvalue weighted by molar-refractivity contribution is 6.31. The first-order valence-corrected chi connectivity index (χ1v) is 8.55. The fourth-order valence-electron chi connectivity index (χ4n) is 3.18. The van der Waals surface area contributed by atoms with Gasteiger partial charge in [0.1, 0.15) is 5.82 Å². The van der Waals surface area contributed by atoms with Gasteiger partial charge < -0.3 is 10.6 Å². The van der Waals surface area contributed by atoms with Crippen LogP contribution < -0.4 is 10.6 Å². The lowest BCUT2D eigenvalue weighted by molar-refractivity contribution is -0.110. The number of hydrogen-bond acceptors (Lipinski definition) is 4. The molecule has 6 heteroatoms. The van der Waals surface area contributed by atoms with E-state index < -0.39 is 0 Å². The lowest BCUT2D eigenvalue weighted by atomic mass is 10.0. The summed E-state index contributed by atoms with van der Waals surface area (Å²) in [5.74, 6) is 0.412. The molecule has 27 heavy (non-hydrogen) atoms. The molecule has 0 atom stereocenters. The van der Waals surface area contributed by atoms with Gasteiger partial charge in [-0.15, -0.1) is 0 Å². The van der Waals surface area contributed by atoms with E-state index in [0.29, 0.717) is 11.4 Å². The van der Waals surface area contributed by atoms with Gasteiger partial charge in [-0.25, -0.2) is 4.98 Å². The Labute approximate surface area is 155 Å². The number of fused-ring (bicyclic) bond motifs is 2. The van der Waals surface area contributed by atoms with Crippen molar-refractivity contribution in [3.05, 3.63) is 78.8 Å². The Bertz CT molecular complexity index is 1190. The van der Waals surface area contributed by atoms with E-state index in [0.717, 1.165) is 33.3 Å². The molecule has 2 aromatic heterocycles. The van der Waals surface area contributed by atoms with Gasteiger partial charge >= 0.3 is 0 Å². The second-order valence-corrected chi connectivity index (χ2v) is 6.31. The van der Waals surface area contributed by atoms with E-state index in [4.69, 9.17) is 0 Å². The summed E-state index contributed by atoms with van der Waals surface area (Å²) in [4.78, 5) is 16.8. The highest BCUT2D eigenvalue weighted by Crippen LogP contribution is 2.33. The van der Waals surface area contributed by atoms with Crippen molar-refractivity contribution in [3.63, 3.8) is 0 Å². The Morgan fingerprint density at radius 1 is 0.963 bits per heavy atom. The number of nitrogens with one attached hydrogen (secondary N) is 3. The molecular weight excluding hydrogens is 338 g/mol. The van der Waals surface area contributed by atoms with Crippen molar-refractivity contribution >= 4 is 33.9 Å². The minimum atomic E-state index is -0.169. The summed E-state index contributed by atoms with van der Waals surface area (Å²) in [5.41, 5.74) is 5.17. The zero-order chi connectivity index (χ0) is 18.2. The summed E-state index contributed by atoms with van der Waals surface area (Å²) in [6.07, 6.45) is 5.27. The highest BCUT2D eigenvalue weighted by Gasteiger charge is 2.25. The lowest BCUT2D eigenvalue weighted by Crippen LogP contribution is -2.05. The molecule has 0 aliphatic carbocycles. The third kappa shape index (κ3) is 2.73.